The molecule has 0 aliphatic rings. The van der Waals surface area contributed by atoms with Crippen molar-refractivity contribution in [1.29, 1.82) is 0 Å². The fraction of sp³-hybridized carbons (Fsp3) is 0.111. The molecule has 0 spiro atoms. The van der Waals surface area contributed by atoms with E-state index >= 15 is 0 Å². The van der Waals surface area contributed by atoms with E-state index in [-0.39, 0.29) is 17.7 Å². The molecular weight excluding hydrogens is 431 g/mol. The van der Waals surface area contributed by atoms with Gasteiger partial charge in [-0.25, -0.2) is 22.8 Å². The molecule has 3 aromatic heterocycles. The average molecular weight is 446 g/mol. The fourth-order valence-corrected chi connectivity index (χ4v) is 4.18. The molecule has 0 saturated heterocycles. The lowest BCUT2D eigenvalue weighted by Crippen LogP contribution is -2.15. The number of nitrogens with zero attached hydrogens (tertiary/aromatic N) is 3. The summed E-state index contributed by atoms with van der Waals surface area (Å²) >= 11 is 1.29. The number of halogens is 1. The van der Waals surface area contributed by atoms with E-state index in [1.807, 2.05) is 5.38 Å². The summed E-state index contributed by atoms with van der Waals surface area (Å²) < 4.78 is 39.0. The highest BCUT2D eigenvalue weighted by Crippen LogP contribution is 2.31. The number of nitrogens with one attached hydrogen (secondary N) is 3. The van der Waals surface area contributed by atoms with Crippen LogP contribution in [-0.2, 0) is 21.2 Å². The maximum atomic E-state index is 14.1. The SMILES string of the molecule is CS(=O)(=O)Nc1ccc(F)c(CC(=O)Nc2cc(-c3n[nH]c4nccnc34)cs2)c1. The number of carbonyl (C=O) groups is 1. The van der Waals surface area contributed by atoms with Gasteiger partial charge in [0.05, 0.1) is 17.7 Å². The van der Waals surface area contributed by atoms with Crippen LogP contribution in [0.25, 0.3) is 22.4 Å². The molecule has 0 fully saturated rings. The molecule has 0 aliphatic heterocycles. The lowest BCUT2D eigenvalue weighted by molar-refractivity contribution is -0.115. The molecule has 4 aromatic rings. The van der Waals surface area contributed by atoms with Gasteiger partial charge in [0.2, 0.25) is 15.9 Å². The van der Waals surface area contributed by atoms with Crippen molar-refractivity contribution in [3.8, 4) is 11.3 Å². The van der Waals surface area contributed by atoms with E-state index in [1.54, 1.807) is 18.5 Å². The van der Waals surface area contributed by atoms with Crippen molar-refractivity contribution in [2.75, 3.05) is 16.3 Å². The number of aromatic amines is 1. The topological polar surface area (TPSA) is 130 Å². The number of hydrogen-bond donors (Lipinski definition) is 3. The van der Waals surface area contributed by atoms with Crippen LogP contribution in [0.2, 0.25) is 0 Å². The van der Waals surface area contributed by atoms with E-state index in [4.69, 9.17) is 0 Å². The van der Waals surface area contributed by atoms with Crippen molar-refractivity contribution in [3.05, 3.63) is 53.4 Å². The minimum atomic E-state index is -3.51. The Labute approximate surface area is 174 Å². The number of anilines is 2. The van der Waals surface area contributed by atoms with Crippen LogP contribution in [0.5, 0.6) is 0 Å². The molecule has 0 atom stereocenters. The number of amides is 1. The summed E-state index contributed by atoms with van der Waals surface area (Å²) in [6.07, 6.45) is 3.86. The van der Waals surface area contributed by atoms with Crippen LogP contribution >= 0.6 is 11.3 Å². The molecule has 154 valence electrons. The van der Waals surface area contributed by atoms with E-state index in [0.717, 1.165) is 17.9 Å². The third-order valence-corrected chi connectivity index (χ3v) is 5.48. The van der Waals surface area contributed by atoms with Gasteiger partial charge in [0.25, 0.3) is 0 Å². The van der Waals surface area contributed by atoms with Crippen LogP contribution in [-0.4, -0.2) is 40.7 Å². The second-order valence-electron chi connectivity index (χ2n) is 6.43. The van der Waals surface area contributed by atoms with Gasteiger partial charge in [0, 0.05) is 29.0 Å². The molecule has 0 saturated carbocycles. The number of sulfonamides is 1. The van der Waals surface area contributed by atoms with Gasteiger partial charge in [-0.15, -0.1) is 11.3 Å². The molecule has 0 radical (unpaired) electrons. The van der Waals surface area contributed by atoms with Crippen molar-refractivity contribution < 1.29 is 17.6 Å². The van der Waals surface area contributed by atoms with Gasteiger partial charge in [-0.3, -0.25) is 14.6 Å². The summed E-state index contributed by atoms with van der Waals surface area (Å²) in [6.45, 7) is 0. The van der Waals surface area contributed by atoms with Crippen LogP contribution in [0.3, 0.4) is 0 Å². The van der Waals surface area contributed by atoms with E-state index < -0.39 is 21.7 Å². The van der Waals surface area contributed by atoms with Gasteiger partial charge in [0.15, 0.2) is 5.65 Å². The maximum Gasteiger partial charge on any atom is 0.229 e. The first kappa shape index (κ1) is 19.9. The van der Waals surface area contributed by atoms with Gasteiger partial charge in [-0.2, -0.15) is 5.10 Å². The summed E-state index contributed by atoms with van der Waals surface area (Å²) in [7, 11) is -3.51. The number of aromatic nitrogens is 4. The maximum absolute atomic E-state index is 14.1. The van der Waals surface area contributed by atoms with Crippen LogP contribution in [0.4, 0.5) is 15.1 Å². The van der Waals surface area contributed by atoms with Crippen molar-refractivity contribution in [2.24, 2.45) is 0 Å². The fourth-order valence-electron chi connectivity index (χ4n) is 2.82. The molecule has 3 N–H and O–H groups in total. The number of rotatable bonds is 6. The van der Waals surface area contributed by atoms with Crippen molar-refractivity contribution in [3.63, 3.8) is 0 Å². The lowest BCUT2D eigenvalue weighted by atomic mass is 10.1. The van der Waals surface area contributed by atoms with E-state index in [9.17, 15) is 17.6 Å². The molecule has 1 aromatic carbocycles. The van der Waals surface area contributed by atoms with Crippen LogP contribution in [0.1, 0.15) is 5.56 Å². The zero-order valence-corrected chi connectivity index (χ0v) is 17.1. The first-order chi connectivity index (χ1) is 14.3. The molecule has 12 heteroatoms. The first-order valence-corrected chi connectivity index (χ1v) is 11.4. The molecule has 3 heterocycles. The molecule has 0 aliphatic carbocycles. The van der Waals surface area contributed by atoms with Crippen LogP contribution in [0, 0.1) is 5.82 Å². The normalized spacial score (nSPS) is 11.5. The highest BCUT2D eigenvalue weighted by molar-refractivity contribution is 7.92. The number of fused-ring (bicyclic) bond motifs is 1. The molecule has 4 rings (SSSR count). The third kappa shape index (κ3) is 4.44. The number of hydrogen-bond acceptors (Lipinski definition) is 7. The summed E-state index contributed by atoms with van der Waals surface area (Å²) in [4.78, 5) is 20.8. The number of H-pyrrole nitrogens is 1. The second kappa shape index (κ2) is 7.80. The Hall–Kier alpha value is -3.38. The zero-order chi connectivity index (χ0) is 21.3. The van der Waals surface area contributed by atoms with Gasteiger partial charge in [0.1, 0.15) is 17.0 Å². The molecule has 9 nitrogen and oxygen atoms in total. The van der Waals surface area contributed by atoms with Crippen LogP contribution < -0.4 is 10.0 Å². The Balaban J connectivity index is 1.48. The Kier molecular flexibility index (Phi) is 5.18. The van der Waals surface area contributed by atoms with Crippen molar-refractivity contribution >= 4 is 49.1 Å². The first-order valence-electron chi connectivity index (χ1n) is 8.58. The Morgan fingerprint density at radius 1 is 1.23 bits per heavy atom. The van der Waals surface area contributed by atoms with Crippen LogP contribution in [0.15, 0.2) is 42.0 Å². The second-order valence-corrected chi connectivity index (χ2v) is 9.09. The largest absolute Gasteiger partial charge is 0.317 e. The van der Waals surface area contributed by atoms with Gasteiger partial charge in [-0.05, 0) is 29.8 Å². The smallest absolute Gasteiger partial charge is 0.229 e. The van der Waals surface area contributed by atoms with Crippen molar-refractivity contribution in [2.45, 2.75) is 6.42 Å². The van der Waals surface area contributed by atoms with Gasteiger partial charge >= 0.3 is 0 Å². The highest BCUT2D eigenvalue weighted by Gasteiger charge is 2.15. The molecule has 0 unspecified atom stereocenters. The quantitative estimate of drug-likeness (QED) is 0.418. The lowest BCUT2D eigenvalue weighted by Gasteiger charge is -2.08. The predicted octanol–water partition coefficient (Wildman–Crippen LogP) is 2.77. The van der Waals surface area contributed by atoms with Gasteiger partial charge < -0.3 is 5.32 Å². The van der Waals surface area contributed by atoms with Crippen molar-refractivity contribution in [1.82, 2.24) is 20.2 Å². The monoisotopic (exact) mass is 446 g/mol. The Morgan fingerprint density at radius 3 is 2.83 bits per heavy atom. The Bertz CT molecular complexity index is 1350. The zero-order valence-electron chi connectivity index (χ0n) is 15.5. The third-order valence-electron chi connectivity index (χ3n) is 4.03. The Morgan fingerprint density at radius 2 is 2.03 bits per heavy atom. The predicted molar refractivity (Wildman–Crippen MR) is 112 cm³/mol. The highest BCUT2D eigenvalue weighted by atomic mass is 32.2. The van der Waals surface area contributed by atoms with Gasteiger partial charge in [-0.1, -0.05) is 0 Å². The summed E-state index contributed by atoms with van der Waals surface area (Å²) in [6, 6.07) is 5.44. The van der Waals surface area contributed by atoms with E-state index in [0.29, 0.717) is 21.9 Å². The number of benzene rings is 1. The standard InChI is InChI=1S/C18H15FN6O3S2/c1-30(27,28)25-12-2-3-13(19)10(6-12)7-14(26)22-15-8-11(9-29-15)16-17-18(24-23-16)21-5-4-20-17/h2-6,8-9,25H,7H2,1H3,(H,22,26)(H,21,23,24). The molecule has 0 bridgehead atoms. The number of thiophene rings is 1. The summed E-state index contributed by atoms with van der Waals surface area (Å²) in [5.74, 6) is -1.04. The van der Waals surface area contributed by atoms with E-state index in [2.05, 4.69) is 30.2 Å². The minimum absolute atomic E-state index is 0.0755. The molecule has 1 amide bonds. The summed E-state index contributed by atoms with van der Waals surface area (Å²) in [5, 5.41) is 12.1. The molecular formula is C18H15FN6O3S2. The average Bonchev–Trinajstić information content (AvgIpc) is 3.29. The minimum Gasteiger partial charge on any atom is -0.317 e. The molecule has 30 heavy (non-hydrogen) atoms. The summed E-state index contributed by atoms with van der Waals surface area (Å²) in [5.41, 5.74) is 2.80. The number of carbonyl (C=O) groups excluding carboxylic acids is 1. The van der Waals surface area contributed by atoms with E-state index in [1.165, 1.54) is 23.5 Å².